The molecule has 1 rings (SSSR count). The van der Waals surface area contributed by atoms with E-state index in [0.29, 0.717) is 39.1 Å². The highest BCUT2D eigenvalue weighted by molar-refractivity contribution is 5.82. The van der Waals surface area contributed by atoms with Crippen LogP contribution in [0, 0.1) is 0 Å². The molecule has 0 spiro atoms. The van der Waals surface area contributed by atoms with Gasteiger partial charge in [0, 0.05) is 33.9 Å². The van der Waals surface area contributed by atoms with Crippen molar-refractivity contribution in [1.82, 2.24) is 4.90 Å². The van der Waals surface area contributed by atoms with E-state index in [1.165, 1.54) is 0 Å². The summed E-state index contributed by atoms with van der Waals surface area (Å²) in [4.78, 5) is 24.8. The van der Waals surface area contributed by atoms with E-state index in [1.807, 2.05) is 0 Å². The quantitative estimate of drug-likeness (QED) is 0.607. The van der Waals surface area contributed by atoms with Crippen LogP contribution < -0.4 is 0 Å². The minimum atomic E-state index is -1.01. The van der Waals surface area contributed by atoms with Gasteiger partial charge in [0.05, 0.1) is 6.61 Å². The highest BCUT2D eigenvalue weighted by Gasteiger charge is 2.36. The number of carboxylic acid groups (broad SMARTS) is 1. The van der Waals surface area contributed by atoms with Gasteiger partial charge in [0.1, 0.15) is 6.10 Å². The Kier molecular flexibility index (Phi) is 7.50. The van der Waals surface area contributed by atoms with Crippen LogP contribution in [-0.2, 0) is 23.8 Å². The first kappa shape index (κ1) is 16.9. The summed E-state index contributed by atoms with van der Waals surface area (Å²) in [5, 5.41) is 8.88. The average Bonchev–Trinajstić information content (AvgIpc) is 2.92. The van der Waals surface area contributed by atoms with Gasteiger partial charge in [-0.3, -0.25) is 4.79 Å². The number of methoxy groups -OCH3 is 2. The fraction of sp³-hybridized carbons (Fsp3) is 0.846. The minimum Gasteiger partial charge on any atom is -0.479 e. The number of rotatable bonds is 9. The minimum absolute atomic E-state index is 0.165. The Balaban J connectivity index is 2.51. The fourth-order valence-corrected chi connectivity index (χ4v) is 2.14. The van der Waals surface area contributed by atoms with Crippen molar-refractivity contribution in [3.8, 4) is 0 Å². The Hall–Kier alpha value is -1.18. The van der Waals surface area contributed by atoms with E-state index >= 15 is 0 Å². The molecule has 2 atom stereocenters. The monoisotopic (exact) mass is 289 g/mol. The van der Waals surface area contributed by atoms with Crippen molar-refractivity contribution in [2.24, 2.45) is 0 Å². The van der Waals surface area contributed by atoms with E-state index in [9.17, 15) is 9.59 Å². The number of carbonyl (C=O) groups is 2. The van der Waals surface area contributed by atoms with Gasteiger partial charge in [-0.15, -0.1) is 0 Å². The summed E-state index contributed by atoms with van der Waals surface area (Å²) in [6.07, 6.45) is 0.0229. The van der Waals surface area contributed by atoms with Crippen LogP contribution in [-0.4, -0.2) is 74.6 Å². The van der Waals surface area contributed by atoms with Crippen molar-refractivity contribution in [3.05, 3.63) is 0 Å². The topological polar surface area (TPSA) is 85.3 Å². The third-order valence-corrected chi connectivity index (χ3v) is 3.22. The Bertz CT molecular complexity index is 322. The average molecular weight is 289 g/mol. The standard InChI is InChI=1S/C13H23NO6/c1-18-8-3-6-14(7-9-19-2)12(15)10-4-5-11(20-10)13(16)17/h10-11H,3-9H2,1-2H3,(H,16,17)/t10-,11+/m0/s1. The molecule has 1 N–H and O–H groups in total. The molecular weight excluding hydrogens is 266 g/mol. The summed E-state index contributed by atoms with van der Waals surface area (Å²) >= 11 is 0. The molecule has 20 heavy (non-hydrogen) atoms. The van der Waals surface area contributed by atoms with Crippen LogP contribution in [0.5, 0.6) is 0 Å². The van der Waals surface area contributed by atoms with Crippen LogP contribution in [0.15, 0.2) is 0 Å². The number of ether oxygens (including phenoxy) is 3. The summed E-state index contributed by atoms with van der Waals surface area (Å²) in [5.41, 5.74) is 0. The van der Waals surface area contributed by atoms with E-state index < -0.39 is 18.2 Å². The third kappa shape index (κ3) is 5.07. The van der Waals surface area contributed by atoms with Crippen LogP contribution in [0.25, 0.3) is 0 Å². The first-order valence-electron chi connectivity index (χ1n) is 6.75. The van der Waals surface area contributed by atoms with E-state index in [0.717, 1.165) is 6.42 Å². The molecule has 1 aliphatic rings. The summed E-state index contributed by atoms with van der Waals surface area (Å²) < 4.78 is 15.3. The van der Waals surface area contributed by atoms with Crippen LogP contribution in [0.3, 0.4) is 0 Å². The Labute approximate surface area is 118 Å². The predicted molar refractivity (Wildman–Crippen MR) is 70.5 cm³/mol. The van der Waals surface area contributed by atoms with Crippen molar-refractivity contribution in [1.29, 1.82) is 0 Å². The molecular formula is C13H23NO6. The van der Waals surface area contributed by atoms with E-state index in [4.69, 9.17) is 19.3 Å². The number of hydrogen-bond acceptors (Lipinski definition) is 5. The van der Waals surface area contributed by atoms with Crippen molar-refractivity contribution in [3.63, 3.8) is 0 Å². The second-order valence-electron chi connectivity index (χ2n) is 4.69. The molecule has 0 aliphatic carbocycles. The molecule has 0 bridgehead atoms. The van der Waals surface area contributed by atoms with Crippen molar-refractivity contribution >= 4 is 11.9 Å². The normalized spacial score (nSPS) is 21.9. The first-order valence-corrected chi connectivity index (χ1v) is 6.75. The Morgan fingerprint density at radius 3 is 2.35 bits per heavy atom. The summed E-state index contributed by atoms with van der Waals surface area (Å²) in [6.45, 7) is 2.03. The second kappa shape index (κ2) is 8.89. The SMILES string of the molecule is COCCCN(CCOC)C(=O)[C@@H]1CC[C@H](C(=O)O)O1. The van der Waals surface area contributed by atoms with Gasteiger partial charge >= 0.3 is 5.97 Å². The maximum Gasteiger partial charge on any atom is 0.332 e. The van der Waals surface area contributed by atoms with Gasteiger partial charge in [-0.25, -0.2) is 4.79 Å². The summed E-state index contributed by atoms with van der Waals surface area (Å²) in [6, 6.07) is 0. The molecule has 0 radical (unpaired) electrons. The predicted octanol–water partition coefficient (Wildman–Crippen LogP) is 0.130. The van der Waals surface area contributed by atoms with Gasteiger partial charge in [0.2, 0.25) is 0 Å². The number of carbonyl (C=O) groups excluding carboxylic acids is 1. The lowest BCUT2D eigenvalue weighted by molar-refractivity contribution is -0.155. The molecule has 0 aromatic heterocycles. The molecule has 1 saturated heterocycles. The molecule has 0 unspecified atom stereocenters. The fourth-order valence-electron chi connectivity index (χ4n) is 2.14. The van der Waals surface area contributed by atoms with Gasteiger partial charge in [0.25, 0.3) is 5.91 Å². The third-order valence-electron chi connectivity index (χ3n) is 3.22. The maximum absolute atomic E-state index is 12.3. The van der Waals surface area contributed by atoms with Gasteiger partial charge in [-0.1, -0.05) is 0 Å². The van der Waals surface area contributed by atoms with E-state index in [-0.39, 0.29) is 5.91 Å². The Morgan fingerprint density at radius 2 is 1.80 bits per heavy atom. The lowest BCUT2D eigenvalue weighted by Gasteiger charge is -2.25. The summed E-state index contributed by atoms with van der Waals surface area (Å²) in [5.74, 6) is -1.18. The smallest absolute Gasteiger partial charge is 0.332 e. The zero-order valence-electron chi connectivity index (χ0n) is 12.0. The lowest BCUT2D eigenvalue weighted by atomic mass is 10.1. The van der Waals surface area contributed by atoms with E-state index in [2.05, 4.69) is 0 Å². The summed E-state index contributed by atoms with van der Waals surface area (Å²) in [7, 11) is 3.18. The molecule has 116 valence electrons. The number of amides is 1. The molecule has 0 aromatic carbocycles. The highest BCUT2D eigenvalue weighted by Crippen LogP contribution is 2.21. The highest BCUT2D eigenvalue weighted by atomic mass is 16.5. The van der Waals surface area contributed by atoms with Crippen molar-refractivity contribution in [2.45, 2.75) is 31.5 Å². The molecule has 0 saturated carbocycles. The van der Waals surface area contributed by atoms with Crippen LogP contribution in [0.4, 0.5) is 0 Å². The van der Waals surface area contributed by atoms with Crippen molar-refractivity contribution in [2.75, 3.05) is 40.5 Å². The molecule has 1 amide bonds. The number of hydrogen-bond donors (Lipinski definition) is 1. The van der Waals surface area contributed by atoms with E-state index in [1.54, 1.807) is 19.1 Å². The molecule has 1 fully saturated rings. The zero-order chi connectivity index (χ0) is 15.0. The first-order chi connectivity index (χ1) is 9.60. The Morgan fingerprint density at radius 1 is 1.15 bits per heavy atom. The second-order valence-corrected chi connectivity index (χ2v) is 4.69. The molecule has 1 aliphatic heterocycles. The molecule has 7 nitrogen and oxygen atoms in total. The molecule has 0 aromatic rings. The van der Waals surface area contributed by atoms with Crippen LogP contribution in [0.1, 0.15) is 19.3 Å². The number of carboxylic acids is 1. The van der Waals surface area contributed by atoms with Gasteiger partial charge in [-0.2, -0.15) is 0 Å². The van der Waals surface area contributed by atoms with Crippen LogP contribution in [0.2, 0.25) is 0 Å². The molecule has 7 heteroatoms. The van der Waals surface area contributed by atoms with Crippen LogP contribution >= 0.6 is 0 Å². The lowest BCUT2D eigenvalue weighted by Crippen LogP contribution is -2.42. The van der Waals surface area contributed by atoms with Crippen molar-refractivity contribution < 1.29 is 28.9 Å². The number of nitrogens with zero attached hydrogens (tertiary/aromatic N) is 1. The van der Waals surface area contributed by atoms with Gasteiger partial charge in [-0.05, 0) is 19.3 Å². The van der Waals surface area contributed by atoms with Gasteiger partial charge in [0.15, 0.2) is 6.10 Å². The molecule has 1 heterocycles. The largest absolute Gasteiger partial charge is 0.479 e. The zero-order valence-corrected chi connectivity index (χ0v) is 12.0. The van der Waals surface area contributed by atoms with Gasteiger partial charge < -0.3 is 24.2 Å². The number of aliphatic carboxylic acids is 1. The maximum atomic E-state index is 12.3.